The van der Waals surface area contributed by atoms with Gasteiger partial charge in [-0.05, 0) is 56.3 Å². The first kappa shape index (κ1) is 15.2. The fraction of sp³-hybridized carbons (Fsp3) is 0.500. The summed E-state index contributed by atoms with van der Waals surface area (Å²) in [6, 6.07) is 5.87. The standard InChI is InChI=1S/C18H21BrN2O2/c1-12-14-10-13(19)2-3-15(14)23-16(12)17(22)21-8-5-18(6-9-21)4-7-20-11-18/h2-3,10,20H,4-9,11H2,1H3. The van der Waals surface area contributed by atoms with E-state index >= 15 is 0 Å². The third kappa shape index (κ3) is 2.60. The van der Waals surface area contributed by atoms with Gasteiger partial charge >= 0.3 is 0 Å². The highest BCUT2D eigenvalue weighted by atomic mass is 79.9. The van der Waals surface area contributed by atoms with Crippen molar-refractivity contribution in [3.8, 4) is 0 Å². The van der Waals surface area contributed by atoms with Crippen LogP contribution in [0.3, 0.4) is 0 Å². The number of nitrogens with zero attached hydrogens (tertiary/aromatic N) is 1. The summed E-state index contributed by atoms with van der Waals surface area (Å²) in [5.41, 5.74) is 2.14. The zero-order valence-electron chi connectivity index (χ0n) is 13.3. The van der Waals surface area contributed by atoms with Crippen LogP contribution in [0.4, 0.5) is 0 Å². The summed E-state index contributed by atoms with van der Waals surface area (Å²) in [7, 11) is 0. The van der Waals surface area contributed by atoms with Crippen LogP contribution in [0.1, 0.15) is 35.4 Å². The number of hydrogen-bond acceptors (Lipinski definition) is 3. The number of halogens is 1. The van der Waals surface area contributed by atoms with Gasteiger partial charge in [-0.15, -0.1) is 0 Å². The van der Waals surface area contributed by atoms with Crippen molar-refractivity contribution in [2.75, 3.05) is 26.2 Å². The van der Waals surface area contributed by atoms with Crippen LogP contribution in [-0.4, -0.2) is 37.0 Å². The van der Waals surface area contributed by atoms with Crippen molar-refractivity contribution in [2.24, 2.45) is 5.41 Å². The lowest BCUT2D eigenvalue weighted by Gasteiger charge is -2.38. The van der Waals surface area contributed by atoms with Crippen molar-refractivity contribution >= 4 is 32.8 Å². The molecule has 0 bridgehead atoms. The highest BCUT2D eigenvalue weighted by molar-refractivity contribution is 9.10. The summed E-state index contributed by atoms with van der Waals surface area (Å²) in [4.78, 5) is 14.8. The molecule has 5 heteroatoms. The Labute approximate surface area is 144 Å². The van der Waals surface area contributed by atoms with Crippen molar-refractivity contribution in [3.63, 3.8) is 0 Å². The Morgan fingerprint density at radius 3 is 2.78 bits per heavy atom. The molecule has 1 N–H and O–H groups in total. The molecule has 4 rings (SSSR count). The van der Waals surface area contributed by atoms with Gasteiger partial charge in [0.1, 0.15) is 5.58 Å². The fourth-order valence-corrected chi connectivity index (χ4v) is 4.31. The number of amides is 1. The van der Waals surface area contributed by atoms with E-state index in [4.69, 9.17) is 4.42 Å². The van der Waals surface area contributed by atoms with Crippen LogP contribution in [0.5, 0.6) is 0 Å². The first-order valence-corrected chi connectivity index (χ1v) is 9.06. The average molecular weight is 377 g/mol. The van der Waals surface area contributed by atoms with Gasteiger partial charge < -0.3 is 14.6 Å². The molecular weight excluding hydrogens is 356 g/mol. The minimum absolute atomic E-state index is 0.0376. The van der Waals surface area contributed by atoms with Gasteiger partial charge in [-0.3, -0.25) is 4.79 Å². The molecule has 2 aromatic rings. The molecule has 0 atom stereocenters. The van der Waals surface area contributed by atoms with E-state index < -0.39 is 0 Å². The molecule has 1 aromatic heterocycles. The number of piperidine rings is 1. The van der Waals surface area contributed by atoms with Gasteiger partial charge in [0, 0.05) is 35.1 Å². The van der Waals surface area contributed by atoms with E-state index in [0.29, 0.717) is 11.2 Å². The number of nitrogens with one attached hydrogen (secondary N) is 1. The van der Waals surface area contributed by atoms with Gasteiger partial charge in [0.15, 0.2) is 5.76 Å². The van der Waals surface area contributed by atoms with Crippen molar-refractivity contribution in [2.45, 2.75) is 26.2 Å². The summed E-state index contributed by atoms with van der Waals surface area (Å²) in [6.45, 7) is 5.86. The molecule has 23 heavy (non-hydrogen) atoms. The Hall–Kier alpha value is -1.33. The predicted octanol–water partition coefficient (Wildman–Crippen LogP) is 3.72. The normalized spacial score (nSPS) is 20.5. The maximum Gasteiger partial charge on any atom is 0.289 e. The molecule has 1 amide bonds. The van der Waals surface area contributed by atoms with E-state index in [2.05, 4.69) is 21.2 Å². The van der Waals surface area contributed by atoms with Crippen LogP contribution < -0.4 is 5.32 Å². The zero-order valence-corrected chi connectivity index (χ0v) is 14.9. The third-order valence-corrected chi connectivity index (χ3v) is 6.03. The summed E-state index contributed by atoms with van der Waals surface area (Å²) >= 11 is 3.48. The second kappa shape index (κ2) is 5.64. The van der Waals surface area contributed by atoms with Crippen molar-refractivity contribution in [1.82, 2.24) is 10.2 Å². The van der Waals surface area contributed by atoms with Crippen LogP contribution in [0.2, 0.25) is 0 Å². The molecule has 0 unspecified atom stereocenters. The third-order valence-electron chi connectivity index (χ3n) is 5.54. The van der Waals surface area contributed by atoms with Gasteiger partial charge in [0.25, 0.3) is 5.91 Å². The average Bonchev–Trinajstić information content (AvgIpc) is 3.13. The molecule has 0 saturated carbocycles. The molecule has 2 saturated heterocycles. The second-order valence-corrected chi connectivity index (χ2v) is 7.83. The van der Waals surface area contributed by atoms with Gasteiger partial charge in [-0.2, -0.15) is 0 Å². The first-order chi connectivity index (χ1) is 11.1. The molecule has 2 aliphatic heterocycles. The highest BCUT2D eigenvalue weighted by Crippen LogP contribution is 2.38. The fourth-order valence-electron chi connectivity index (χ4n) is 3.95. The summed E-state index contributed by atoms with van der Waals surface area (Å²) in [6.07, 6.45) is 3.43. The summed E-state index contributed by atoms with van der Waals surface area (Å²) < 4.78 is 6.86. The van der Waals surface area contributed by atoms with Gasteiger partial charge in [-0.25, -0.2) is 0 Å². The Balaban J connectivity index is 1.56. The van der Waals surface area contributed by atoms with Crippen LogP contribution in [-0.2, 0) is 0 Å². The van der Waals surface area contributed by atoms with Crippen molar-refractivity contribution in [1.29, 1.82) is 0 Å². The quantitative estimate of drug-likeness (QED) is 0.824. The second-order valence-electron chi connectivity index (χ2n) is 6.92. The Morgan fingerprint density at radius 2 is 2.09 bits per heavy atom. The zero-order chi connectivity index (χ0) is 16.0. The topological polar surface area (TPSA) is 45.5 Å². The van der Waals surface area contributed by atoms with E-state index in [1.165, 1.54) is 6.42 Å². The van der Waals surface area contributed by atoms with Gasteiger partial charge in [0.05, 0.1) is 0 Å². The van der Waals surface area contributed by atoms with Gasteiger partial charge in [-0.1, -0.05) is 15.9 Å². The van der Waals surface area contributed by atoms with Crippen LogP contribution >= 0.6 is 15.9 Å². The number of carbonyl (C=O) groups excluding carboxylic acids is 1. The molecule has 1 spiro atoms. The number of rotatable bonds is 1. The minimum Gasteiger partial charge on any atom is -0.451 e. The van der Waals surface area contributed by atoms with Crippen LogP contribution in [0, 0.1) is 12.3 Å². The smallest absolute Gasteiger partial charge is 0.289 e. The molecule has 3 heterocycles. The molecule has 4 nitrogen and oxygen atoms in total. The van der Waals surface area contributed by atoms with Crippen molar-refractivity contribution in [3.05, 3.63) is 34.0 Å². The number of hydrogen-bond donors (Lipinski definition) is 1. The SMILES string of the molecule is Cc1c(C(=O)N2CCC3(CCNC3)CC2)oc2ccc(Br)cc12. The lowest BCUT2D eigenvalue weighted by atomic mass is 9.78. The van der Waals surface area contributed by atoms with Crippen molar-refractivity contribution < 1.29 is 9.21 Å². The molecule has 122 valence electrons. The number of benzene rings is 1. The van der Waals surface area contributed by atoms with E-state index in [1.54, 1.807) is 0 Å². The number of likely N-dealkylation sites (tertiary alicyclic amines) is 1. The maximum atomic E-state index is 12.9. The lowest BCUT2D eigenvalue weighted by molar-refractivity contribution is 0.0578. The molecule has 2 aliphatic rings. The predicted molar refractivity (Wildman–Crippen MR) is 93.7 cm³/mol. The lowest BCUT2D eigenvalue weighted by Crippen LogP contribution is -2.44. The molecule has 1 aromatic carbocycles. The molecule has 2 fully saturated rings. The summed E-state index contributed by atoms with van der Waals surface area (Å²) in [5.74, 6) is 0.536. The van der Waals surface area contributed by atoms with Gasteiger partial charge in [0.2, 0.25) is 0 Å². The first-order valence-electron chi connectivity index (χ1n) is 8.27. The maximum absolute atomic E-state index is 12.9. The Bertz CT molecular complexity index is 752. The monoisotopic (exact) mass is 376 g/mol. The molecule has 0 radical (unpaired) electrons. The van der Waals surface area contributed by atoms with Crippen LogP contribution in [0.15, 0.2) is 27.1 Å². The number of furan rings is 1. The van der Waals surface area contributed by atoms with E-state index in [-0.39, 0.29) is 5.91 Å². The number of aryl methyl sites for hydroxylation is 1. The molecular formula is C18H21BrN2O2. The number of carbonyl (C=O) groups is 1. The Morgan fingerprint density at radius 1 is 1.30 bits per heavy atom. The Kier molecular flexibility index (Phi) is 3.73. The largest absolute Gasteiger partial charge is 0.451 e. The number of fused-ring (bicyclic) bond motifs is 1. The molecule has 0 aliphatic carbocycles. The van der Waals surface area contributed by atoms with E-state index in [1.807, 2.05) is 30.0 Å². The minimum atomic E-state index is 0.0376. The van der Waals surface area contributed by atoms with E-state index in [0.717, 1.165) is 60.0 Å². The van der Waals surface area contributed by atoms with E-state index in [9.17, 15) is 4.79 Å². The highest BCUT2D eigenvalue weighted by Gasteiger charge is 2.38. The van der Waals surface area contributed by atoms with Crippen LogP contribution in [0.25, 0.3) is 11.0 Å². The summed E-state index contributed by atoms with van der Waals surface area (Å²) in [5, 5.41) is 4.47.